The number of hydrogen-bond acceptors (Lipinski definition) is 5. The Hall–Kier alpha value is -2.58. The van der Waals surface area contributed by atoms with E-state index in [-0.39, 0.29) is 12.0 Å². The quantitative estimate of drug-likeness (QED) is 0.635. The number of nitrogens with two attached hydrogens (primary N) is 1. The SMILES string of the molecule is CS(=O)NCc1cccc(-c2cn(C3CC(C=O)C3)c3ncnc(N)c23)c1. The van der Waals surface area contributed by atoms with Crippen LogP contribution < -0.4 is 10.5 Å². The first-order valence-electron chi connectivity index (χ1n) is 8.79. The van der Waals surface area contributed by atoms with Gasteiger partial charge in [-0.1, -0.05) is 18.2 Å². The van der Waals surface area contributed by atoms with E-state index in [0.717, 1.165) is 46.9 Å². The second-order valence-electron chi connectivity index (χ2n) is 6.90. The van der Waals surface area contributed by atoms with Crippen LogP contribution in [0, 0.1) is 5.92 Å². The van der Waals surface area contributed by atoms with Crippen LogP contribution in [0.1, 0.15) is 24.4 Å². The van der Waals surface area contributed by atoms with Gasteiger partial charge in [0.2, 0.25) is 0 Å². The highest BCUT2D eigenvalue weighted by molar-refractivity contribution is 7.82. The summed E-state index contributed by atoms with van der Waals surface area (Å²) in [5, 5.41) is 0.830. The average molecular weight is 383 g/mol. The summed E-state index contributed by atoms with van der Waals surface area (Å²) in [4.78, 5) is 19.6. The number of nitrogen functional groups attached to an aromatic ring is 1. The lowest BCUT2D eigenvalue weighted by Gasteiger charge is -2.33. The molecule has 0 amide bonds. The van der Waals surface area contributed by atoms with Crippen molar-refractivity contribution >= 4 is 34.1 Å². The molecule has 27 heavy (non-hydrogen) atoms. The van der Waals surface area contributed by atoms with Crippen LogP contribution in [0.15, 0.2) is 36.8 Å². The van der Waals surface area contributed by atoms with Crippen molar-refractivity contribution in [2.45, 2.75) is 25.4 Å². The molecule has 1 aliphatic carbocycles. The van der Waals surface area contributed by atoms with Crippen molar-refractivity contribution < 1.29 is 9.00 Å². The van der Waals surface area contributed by atoms with E-state index in [9.17, 15) is 9.00 Å². The Morgan fingerprint density at radius 2 is 2.19 bits per heavy atom. The highest BCUT2D eigenvalue weighted by Gasteiger charge is 2.32. The Balaban J connectivity index is 1.77. The van der Waals surface area contributed by atoms with Crippen molar-refractivity contribution in [2.75, 3.05) is 12.0 Å². The number of nitrogens with zero attached hydrogens (tertiary/aromatic N) is 3. The van der Waals surface area contributed by atoms with Crippen LogP contribution in [-0.2, 0) is 22.3 Å². The Labute approximate surface area is 159 Å². The normalized spacial score (nSPS) is 20.3. The molecule has 0 saturated heterocycles. The number of aldehydes is 1. The van der Waals surface area contributed by atoms with Gasteiger partial charge in [0.25, 0.3) is 0 Å². The number of benzene rings is 1. The Kier molecular flexibility index (Phi) is 4.75. The van der Waals surface area contributed by atoms with Crippen molar-refractivity contribution in [3.05, 3.63) is 42.4 Å². The second kappa shape index (κ2) is 7.21. The molecule has 2 aromatic heterocycles. The largest absolute Gasteiger partial charge is 0.383 e. The minimum Gasteiger partial charge on any atom is -0.383 e. The molecular formula is C19H21N5O2S. The van der Waals surface area contributed by atoms with Crippen LogP contribution >= 0.6 is 0 Å². The van der Waals surface area contributed by atoms with Crippen molar-refractivity contribution in [1.82, 2.24) is 19.3 Å². The second-order valence-corrected chi connectivity index (χ2v) is 8.10. The lowest BCUT2D eigenvalue weighted by molar-refractivity contribution is -0.114. The fraction of sp³-hybridized carbons (Fsp3) is 0.316. The van der Waals surface area contributed by atoms with E-state index in [2.05, 4.69) is 31.5 Å². The van der Waals surface area contributed by atoms with E-state index < -0.39 is 11.0 Å². The van der Waals surface area contributed by atoms with Crippen molar-refractivity contribution in [3.63, 3.8) is 0 Å². The van der Waals surface area contributed by atoms with Gasteiger partial charge in [-0.15, -0.1) is 0 Å². The van der Waals surface area contributed by atoms with Gasteiger partial charge in [0.15, 0.2) is 0 Å². The number of aromatic nitrogens is 3. The zero-order chi connectivity index (χ0) is 19.0. The molecule has 140 valence electrons. The number of hydrogen-bond donors (Lipinski definition) is 2. The topological polar surface area (TPSA) is 103 Å². The molecule has 0 spiro atoms. The maximum absolute atomic E-state index is 11.3. The Bertz CT molecular complexity index is 1030. The summed E-state index contributed by atoms with van der Waals surface area (Å²) in [6, 6.07) is 8.29. The Morgan fingerprint density at radius 1 is 1.37 bits per heavy atom. The molecule has 7 nitrogen and oxygen atoms in total. The third-order valence-corrected chi connectivity index (χ3v) is 5.64. The third-order valence-electron chi connectivity index (χ3n) is 5.09. The predicted octanol–water partition coefficient (Wildman–Crippen LogP) is 2.21. The van der Waals surface area contributed by atoms with Gasteiger partial charge in [-0.05, 0) is 30.0 Å². The van der Waals surface area contributed by atoms with Gasteiger partial charge in [-0.25, -0.2) is 18.9 Å². The number of anilines is 1. The van der Waals surface area contributed by atoms with Gasteiger partial charge in [0.1, 0.15) is 24.1 Å². The van der Waals surface area contributed by atoms with Crippen LogP contribution in [0.4, 0.5) is 5.82 Å². The average Bonchev–Trinajstić information content (AvgIpc) is 3.00. The number of carbonyl (C=O) groups is 1. The molecular weight excluding hydrogens is 362 g/mol. The van der Waals surface area contributed by atoms with Crippen LogP contribution in [0.3, 0.4) is 0 Å². The molecule has 3 aromatic rings. The Morgan fingerprint density at radius 3 is 2.93 bits per heavy atom. The molecule has 1 aliphatic rings. The van der Waals surface area contributed by atoms with Gasteiger partial charge in [0.05, 0.1) is 16.4 Å². The molecule has 1 fully saturated rings. The predicted molar refractivity (Wildman–Crippen MR) is 106 cm³/mol. The van der Waals surface area contributed by atoms with Crippen molar-refractivity contribution in [3.8, 4) is 11.1 Å². The lowest BCUT2D eigenvalue weighted by Crippen LogP contribution is -2.27. The summed E-state index contributed by atoms with van der Waals surface area (Å²) in [6.07, 6.45) is 7.82. The molecule has 4 rings (SSSR count). The molecule has 1 saturated carbocycles. The number of rotatable bonds is 6. The lowest BCUT2D eigenvalue weighted by atomic mass is 9.81. The monoisotopic (exact) mass is 383 g/mol. The van der Waals surface area contributed by atoms with E-state index in [4.69, 9.17) is 5.73 Å². The zero-order valence-corrected chi connectivity index (χ0v) is 15.8. The highest BCUT2D eigenvalue weighted by atomic mass is 32.2. The summed E-state index contributed by atoms with van der Waals surface area (Å²) >= 11 is 0. The molecule has 0 bridgehead atoms. The fourth-order valence-electron chi connectivity index (χ4n) is 3.61. The van der Waals surface area contributed by atoms with Gasteiger partial charge in [-0.2, -0.15) is 0 Å². The molecule has 2 heterocycles. The maximum Gasteiger partial charge on any atom is 0.146 e. The maximum atomic E-state index is 11.3. The standard InChI is InChI=1S/C19H21N5O2S/c1-27(26)23-8-12-3-2-4-14(5-12)16-9-24(15-6-13(7-15)10-25)19-17(16)18(20)21-11-22-19/h2-5,9-11,13,15,23H,6-8H2,1H3,(H2,20,21,22). The summed E-state index contributed by atoms with van der Waals surface area (Å²) in [5.74, 6) is 0.567. The van der Waals surface area contributed by atoms with E-state index in [0.29, 0.717) is 12.4 Å². The summed E-state index contributed by atoms with van der Waals surface area (Å²) in [7, 11) is -1.07. The first-order chi connectivity index (χ1) is 13.1. The van der Waals surface area contributed by atoms with Gasteiger partial charge in [0, 0.05) is 36.5 Å². The zero-order valence-electron chi connectivity index (χ0n) is 15.0. The number of carbonyl (C=O) groups excluding carboxylic acids is 1. The molecule has 1 aromatic carbocycles. The fourth-order valence-corrected chi connectivity index (χ4v) is 3.98. The molecule has 8 heteroatoms. The summed E-state index contributed by atoms with van der Waals surface area (Å²) in [6.45, 7) is 0.519. The first-order valence-corrected chi connectivity index (χ1v) is 10.3. The van der Waals surface area contributed by atoms with E-state index >= 15 is 0 Å². The molecule has 0 radical (unpaired) electrons. The third kappa shape index (κ3) is 3.38. The highest BCUT2D eigenvalue weighted by Crippen LogP contribution is 2.42. The summed E-state index contributed by atoms with van der Waals surface area (Å²) in [5.41, 5.74) is 9.99. The van der Waals surface area contributed by atoms with Gasteiger partial charge < -0.3 is 15.1 Å². The first kappa shape index (κ1) is 17.8. The minimum atomic E-state index is -1.07. The molecule has 1 unspecified atom stereocenters. The van der Waals surface area contributed by atoms with Crippen molar-refractivity contribution in [2.24, 2.45) is 5.92 Å². The van der Waals surface area contributed by atoms with Crippen LogP contribution in [-0.4, -0.2) is 31.3 Å². The van der Waals surface area contributed by atoms with Crippen LogP contribution in [0.2, 0.25) is 0 Å². The molecule has 3 N–H and O–H groups in total. The molecule has 0 aliphatic heterocycles. The van der Waals surface area contributed by atoms with Crippen molar-refractivity contribution in [1.29, 1.82) is 0 Å². The van der Waals surface area contributed by atoms with Gasteiger partial charge in [-0.3, -0.25) is 0 Å². The minimum absolute atomic E-state index is 0.124. The summed E-state index contributed by atoms with van der Waals surface area (Å²) < 4.78 is 16.3. The smallest absolute Gasteiger partial charge is 0.146 e. The number of nitrogens with one attached hydrogen (secondary N) is 1. The van der Waals surface area contributed by atoms with Crippen LogP contribution in [0.5, 0.6) is 0 Å². The van der Waals surface area contributed by atoms with E-state index in [1.54, 1.807) is 6.26 Å². The molecule has 1 atom stereocenters. The number of fused-ring (bicyclic) bond motifs is 1. The van der Waals surface area contributed by atoms with E-state index in [1.165, 1.54) is 6.33 Å². The van der Waals surface area contributed by atoms with Gasteiger partial charge >= 0.3 is 0 Å². The van der Waals surface area contributed by atoms with Crippen LogP contribution in [0.25, 0.3) is 22.2 Å². The van der Waals surface area contributed by atoms with E-state index in [1.807, 2.05) is 18.2 Å².